The van der Waals surface area contributed by atoms with Crippen molar-refractivity contribution < 1.29 is 31.1 Å². The second kappa shape index (κ2) is 8.60. The molecular formula is C26H20F6N4O. The van der Waals surface area contributed by atoms with Crippen LogP contribution in [0.4, 0.5) is 26.3 Å². The average molecular weight is 518 g/mol. The van der Waals surface area contributed by atoms with Crippen molar-refractivity contribution in [1.29, 1.82) is 0 Å². The van der Waals surface area contributed by atoms with Gasteiger partial charge >= 0.3 is 12.4 Å². The summed E-state index contributed by atoms with van der Waals surface area (Å²) in [5.74, 6) is -1.70. The number of aromatic nitrogens is 1. The van der Waals surface area contributed by atoms with E-state index in [1.54, 1.807) is 32.0 Å². The molecule has 1 amide bonds. The summed E-state index contributed by atoms with van der Waals surface area (Å²) in [7, 11) is 0. The molecule has 2 aliphatic heterocycles. The van der Waals surface area contributed by atoms with Crippen molar-refractivity contribution in [2.75, 3.05) is 0 Å². The first-order valence-corrected chi connectivity index (χ1v) is 11.4. The van der Waals surface area contributed by atoms with E-state index in [-0.39, 0.29) is 27.9 Å². The molecule has 0 radical (unpaired) electrons. The first-order chi connectivity index (χ1) is 17.4. The van der Waals surface area contributed by atoms with Gasteiger partial charge in [-0.15, -0.1) is 0 Å². The molecular weight excluding hydrogens is 498 g/mol. The van der Waals surface area contributed by atoms with Crippen molar-refractivity contribution in [2.45, 2.75) is 44.2 Å². The molecule has 3 unspecified atom stereocenters. The van der Waals surface area contributed by atoms with Crippen LogP contribution in [-0.4, -0.2) is 34.3 Å². The first-order valence-electron chi connectivity index (χ1n) is 11.4. The molecule has 192 valence electrons. The van der Waals surface area contributed by atoms with Gasteiger partial charge in [0.05, 0.1) is 17.7 Å². The van der Waals surface area contributed by atoms with Gasteiger partial charge in [-0.25, -0.2) is 0 Å². The van der Waals surface area contributed by atoms with E-state index >= 15 is 0 Å². The van der Waals surface area contributed by atoms with Gasteiger partial charge in [-0.3, -0.25) is 14.8 Å². The molecule has 2 aliphatic rings. The van der Waals surface area contributed by atoms with E-state index in [4.69, 9.17) is 0 Å². The number of fused-ring (bicyclic) bond motifs is 2. The standard InChI is InChI=1S/C26H20F6N4O/c1-3-20(16-5-4-6-17-21(16)13(2)35-24(17)37)36-23(26(30,31)32)19(12-34-36)15-8-7-14-9-10-33-22(18(14)11-15)25(27,28)29/h3-13,19,23H,1-2H3,(H,35,37)/b20-3+. The quantitative estimate of drug-likeness (QED) is 0.407. The molecule has 1 N–H and O–H groups in total. The molecule has 5 rings (SSSR count). The number of alkyl halides is 6. The van der Waals surface area contributed by atoms with Crippen molar-refractivity contribution in [3.63, 3.8) is 0 Å². The zero-order valence-electron chi connectivity index (χ0n) is 19.5. The zero-order chi connectivity index (χ0) is 26.7. The molecule has 0 saturated heterocycles. The topological polar surface area (TPSA) is 57.6 Å². The Hall–Kier alpha value is -3.89. The van der Waals surface area contributed by atoms with Crippen LogP contribution in [0.25, 0.3) is 16.5 Å². The van der Waals surface area contributed by atoms with E-state index in [1.165, 1.54) is 24.3 Å². The van der Waals surface area contributed by atoms with Crippen LogP contribution < -0.4 is 5.32 Å². The predicted octanol–water partition coefficient (Wildman–Crippen LogP) is 6.43. The summed E-state index contributed by atoms with van der Waals surface area (Å²) < 4.78 is 84.3. The number of rotatable bonds is 3. The van der Waals surface area contributed by atoms with Gasteiger partial charge in [-0.05, 0) is 48.6 Å². The molecule has 5 nitrogen and oxygen atoms in total. The van der Waals surface area contributed by atoms with Gasteiger partial charge in [-0.1, -0.05) is 30.3 Å². The number of carbonyl (C=O) groups excluding carboxylic acids is 1. The second-order valence-electron chi connectivity index (χ2n) is 8.90. The number of pyridine rings is 1. The molecule has 37 heavy (non-hydrogen) atoms. The molecule has 2 aromatic carbocycles. The van der Waals surface area contributed by atoms with Crippen LogP contribution in [0, 0.1) is 0 Å². The van der Waals surface area contributed by atoms with E-state index < -0.39 is 36.0 Å². The van der Waals surface area contributed by atoms with Gasteiger partial charge in [-0.2, -0.15) is 31.4 Å². The van der Waals surface area contributed by atoms with Gasteiger partial charge in [0.15, 0.2) is 11.7 Å². The number of hydrazone groups is 1. The number of benzene rings is 2. The summed E-state index contributed by atoms with van der Waals surface area (Å²) in [6, 6.07) is 7.41. The number of nitrogens with one attached hydrogen (secondary N) is 1. The summed E-state index contributed by atoms with van der Waals surface area (Å²) >= 11 is 0. The highest BCUT2D eigenvalue weighted by Crippen LogP contribution is 2.45. The molecule has 0 spiro atoms. The average Bonchev–Trinajstić information content (AvgIpc) is 3.40. The van der Waals surface area contributed by atoms with Crippen LogP contribution in [0.15, 0.2) is 59.8 Å². The fourth-order valence-electron chi connectivity index (χ4n) is 5.10. The van der Waals surface area contributed by atoms with Crippen LogP contribution in [0.3, 0.4) is 0 Å². The van der Waals surface area contributed by atoms with Crippen LogP contribution >= 0.6 is 0 Å². The number of halogens is 6. The SMILES string of the molecule is C/C=C(\c1cccc2c1C(C)NC2=O)N1N=CC(c2ccc3ccnc(C(F)(F)F)c3c2)C1C(F)(F)F. The van der Waals surface area contributed by atoms with Crippen LogP contribution in [0.1, 0.15) is 58.5 Å². The Morgan fingerprint density at radius 3 is 2.51 bits per heavy atom. The fourth-order valence-corrected chi connectivity index (χ4v) is 5.10. The molecule has 0 aliphatic carbocycles. The maximum atomic E-state index is 14.5. The van der Waals surface area contributed by atoms with Gasteiger partial charge in [0.1, 0.15) is 0 Å². The normalized spacial score (nSPS) is 22.1. The second-order valence-corrected chi connectivity index (χ2v) is 8.90. The molecule has 0 bridgehead atoms. The highest BCUT2D eigenvalue weighted by atomic mass is 19.4. The molecule has 3 aromatic rings. The van der Waals surface area contributed by atoms with Crippen LogP contribution in [0.5, 0.6) is 0 Å². The summed E-state index contributed by atoms with van der Waals surface area (Å²) in [5.41, 5.74) is 0.349. The highest BCUT2D eigenvalue weighted by Gasteiger charge is 2.52. The third-order valence-corrected chi connectivity index (χ3v) is 6.66. The minimum absolute atomic E-state index is 0.0264. The van der Waals surface area contributed by atoms with Gasteiger partial charge < -0.3 is 5.32 Å². The van der Waals surface area contributed by atoms with Crippen molar-refractivity contribution in [3.8, 4) is 0 Å². The van der Waals surface area contributed by atoms with Gasteiger partial charge in [0.2, 0.25) is 0 Å². The number of hydrogen-bond acceptors (Lipinski definition) is 4. The van der Waals surface area contributed by atoms with E-state index in [0.29, 0.717) is 16.7 Å². The molecule has 11 heteroatoms. The highest BCUT2D eigenvalue weighted by molar-refractivity contribution is 6.00. The Morgan fingerprint density at radius 1 is 1.08 bits per heavy atom. The maximum Gasteiger partial charge on any atom is 0.433 e. The lowest BCUT2D eigenvalue weighted by Crippen LogP contribution is -2.43. The third kappa shape index (κ3) is 4.11. The van der Waals surface area contributed by atoms with Crippen molar-refractivity contribution in [2.24, 2.45) is 5.10 Å². The number of allylic oxidation sites excluding steroid dienone is 1. The lowest BCUT2D eigenvalue weighted by Gasteiger charge is -2.32. The largest absolute Gasteiger partial charge is 0.433 e. The number of carbonyl (C=O) groups is 1. The molecule has 0 fully saturated rings. The summed E-state index contributed by atoms with van der Waals surface area (Å²) in [5, 5.41) is 7.61. The summed E-state index contributed by atoms with van der Waals surface area (Å²) in [6.45, 7) is 3.30. The van der Waals surface area contributed by atoms with Gasteiger partial charge in [0, 0.05) is 28.9 Å². The predicted molar refractivity (Wildman–Crippen MR) is 126 cm³/mol. The monoisotopic (exact) mass is 518 g/mol. The Kier molecular flexibility index (Phi) is 5.76. The Morgan fingerprint density at radius 2 is 1.84 bits per heavy atom. The zero-order valence-corrected chi connectivity index (χ0v) is 19.5. The molecule has 1 aromatic heterocycles. The van der Waals surface area contributed by atoms with E-state index in [0.717, 1.165) is 23.5 Å². The molecule has 0 saturated carbocycles. The summed E-state index contributed by atoms with van der Waals surface area (Å²) in [6.07, 6.45) is -5.97. The minimum Gasteiger partial charge on any atom is -0.345 e. The lowest BCUT2D eigenvalue weighted by molar-refractivity contribution is -0.173. The Bertz CT molecular complexity index is 1460. The summed E-state index contributed by atoms with van der Waals surface area (Å²) in [4.78, 5) is 15.7. The number of amides is 1. The van der Waals surface area contributed by atoms with Crippen LogP contribution in [0.2, 0.25) is 0 Å². The number of nitrogens with zero attached hydrogens (tertiary/aromatic N) is 3. The van der Waals surface area contributed by atoms with E-state index in [2.05, 4.69) is 15.4 Å². The first kappa shape index (κ1) is 24.8. The van der Waals surface area contributed by atoms with Crippen molar-refractivity contribution >= 4 is 28.6 Å². The number of hydrogen-bond donors (Lipinski definition) is 1. The molecule has 3 heterocycles. The lowest BCUT2D eigenvalue weighted by atomic mass is 9.89. The van der Waals surface area contributed by atoms with E-state index in [1.807, 2.05) is 0 Å². The third-order valence-electron chi connectivity index (χ3n) is 6.66. The smallest absolute Gasteiger partial charge is 0.345 e. The van der Waals surface area contributed by atoms with Gasteiger partial charge in [0.25, 0.3) is 5.91 Å². The van der Waals surface area contributed by atoms with Crippen LogP contribution in [-0.2, 0) is 6.18 Å². The Labute approximate surface area is 207 Å². The van der Waals surface area contributed by atoms with Crippen molar-refractivity contribution in [3.05, 3.63) is 82.7 Å². The minimum atomic E-state index is -4.79. The van der Waals surface area contributed by atoms with E-state index in [9.17, 15) is 31.1 Å². The maximum absolute atomic E-state index is 14.5. The van der Waals surface area contributed by atoms with Crippen molar-refractivity contribution in [1.82, 2.24) is 15.3 Å². The molecule has 3 atom stereocenters. The fraction of sp³-hybridized carbons (Fsp3) is 0.269. The Balaban J connectivity index is 1.61.